The molecule has 0 aromatic heterocycles. The molecular formula is C16H34N2O. The Labute approximate surface area is 120 Å². The van der Waals surface area contributed by atoms with Crippen molar-refractivity contribution in [2.24, 2.45) is 11.8 Å². The number of rotatable bonds is 8. The highest BCUT2D eigenvalue weighted by Crippen LogP contribution is 2.13. The lowest BCUT2D eigenvalue weighted by atomic mass is 10.0. The van der Waals surface area contributed by atoms with E-state index in [-0.39, 0.29) is 0 Å². The summed E-state index contributed by atoms with van der Waals surface area (Å²) in [5, 5.41) is 3.66. The third-order valence-corrected chi connectivity index (χ3v) is 3.90. The normalized spacial score (nSPS) is 25.4. The molecular weight excluding hydrogens is 236 g/mol. The Morgan fingerprint density at radius 1 is 1.16 bits per heavy atom. The maximum Gasteiger partial charge on any atom is 0.0593 e. The molecule has 3 heteroatoms. The number of nitrogens with zero attached hydrogens (tertiary/aromatic N) is 1. The van der Waals surface area contributed by atoms with Gasteiger partial charge in [0.2, 0.25) is 0 Å². The van der Waals surface area contributed by atoms with E-state index in [1.165, 1.54) is 19.4 Å². The van der Waals surface area contributed by atoms with Crippen LogP contribution in [0.5, 0.6) is 0 Å². The van der Waals surface area contributed by atoms with Crippen LogP contribution >= 0.6 is 0 Å². The van der Waals surface area contributed by atoms with E-state index < -0.39 is 0 Å². The highest BCUT2D eigenvalue weighted by Gasteiger charge is 2.24. The first-order valence-electron chi connectivity index (χ1n) is 8.04. The summed E-state index contributed by atoms with van der Waals surface area (Å²) in [6, 6.07) is 1.30. The van der Waals surface area contributed by atoms with Gasteiger partial charge in [-0.3, -0.25) is 4.90 Å². The second-order valence-corrected chi connectivity index (χ2v) is 6.87. The summed E-state index contributed by atoms with van der Waals surface area (Å²) in [6.07, 6.45) is 2.45. The minimum atomic E-state index is 0.636. The van der Waals surface area contributed by atoms with Crippen LogP contribution in [0.15, 0.2) is 0 Å². The molecule has 3 nitrogen and oxygen atoms in total. The second kappa shape index (κ2) is 8.93. The summed E-state index contributed by atoms with van der Waals surface area (Å²) in [6.45, 7) is 16.6. The lowest BCUT2D eigenvalue weighted by Gasteiger charge is -2.39. The van der Waals surface area contributed by atoms with E-state index in [0.29, 0.717) is 12.1 Å². The number of hydrogen-bond donors (Lipinski definition) is 1. The predicted molar refractivity (Wildman–Crippen MR) is 82.6 cm³/mol. The van der Waals surface area contributed by atoms with E-state index in [9.17, 15) is 0 Å². The molecule has 19 heavy (non-hydrogen) atoms. The third-order valence-electron chi connectivity index (χ3n) is 3.90. The number of nitrogens with one attached hydrogen (secondary N) is 1. The van der Waals surface area contributed by atoms with Crippen LogP contribution in [-0.2, 0) is 4.74 Å². The van der Waals surface area contributed by atoms with Crippen LogP contribution in [0.4, 0.5) is 0 Å². The Bertz CT molecular complexity index is 231. The molecule has 1 aliphatic heterocycles. The Morgan fingerprint density at radius 2 is 1.89 bits per heavy atom. The van der Waals surface area contributed by atoms with Crippen LogP contribution in [0.2, 0.25) is 0 Å². The molecule has 0 radical (unpaired) electrons. The first kappa shape index (κ1) is 16.9. The number of ether oxygens (including phenoxy) is 1. The van der Waals surface area contributed by atoms with Gasteiger partial charge in [-0.1, -0.05) is 27.7 Å². The molecule has 1 saturated heterocycles. The van der Waals surface area contributed by atoms with Crippen molar-refractivity contribution in [1.82, 2.24) is 10.2 Å². The summed E-state index contributed by atoms with van der Waals surface area (Å²) < 4.78 is 5.75. The van der Waals surface area contributed by atoms with Gasteiger partial charge in [0, 0.05) is 38.3 Å². The van der Waals surface area contributed by atoms with E-state index in [1.54, 1.807) is 0 Å². The minimum Gasteiger partial charge on any atom is -0.380 e. The first-order chi connectivity index (χ1) is 8.99. The Balaban J connectivity index is 2.19. The van der Waals surface area contributed by atoms with Crippen molar-refractivity contribution in [1.29, 1.82) is 0 Å². The van der Waals surface area contributed by atoms with Gasteiger partial charge in [-0.2, -0.15) is 0 Å². The van der Waals surface area contributed by atoms with Crippen molar-refractivity contribution in [3.05, 3.63) is 0 Å². The van der Waals surface area contributed by atoms with Crippen molar-refractivity contribution < 1.29 is 4.74 Å². The Hall–Kier alpha value is -0.120. The molecule has 0 aromatic carbocycles. The zero-order valence-electron chi connectivity index (χ0n) is 13.6. The topological polar surface area (TPSA) is 24.5 Å². The lowest BCUT2D eigenvalue weighted by molar-refractivity contribution is 0.0635. The maximum atomic E-state index is 5.75. The second-order valence-electron chi connectivity index (χ2n) is 6.87. The molecule has 0 aliphatic carbocycles. The van der Waals surface area contributed by atoms with Gasteiger partial charge in [-0.25, -0.2) is 0 Å². The highest BCUT2D eigenvalue weighted by atomic mass is 16.5. The molecule has 1 aliphatic rings. The molecule has 114 valence electrons. The molecule has 1 N–H and O–H groups in total. The fourth-order valence-corrected chi connectivity index (χ4v) is 2.64. The quantitative estimate of drug-likeness (QED) is 0.686. The van der Waals surface area contributed by atoms with E-state index in [2.05, 4.69) is 44.8 Å². The van der Waals surface area contributed by atoms with Crippen LogP contribution in [-0.4, -0.2) is 49.8 Å². The molecule has 2 atom stereocenters. The third kappa shape index (κ3) is 7.28. The molecule has 0 saturated carbocycles. The largest absolute Gasteiger partial charge is 0.380 e. The number of hydrogen-bond acceptors (Lipinski definition) is 3. The predicted octanol–water partition coefficient (Wildman–Crippen LogP) is 2.76. The number of piperazine rings is 1. The summed E-state index contributed by atoms with van der Waals surface area (Å²) in [4.78, 5) is 2.58. The fourth-order valence-electron chi connectivity index (χ4n) is 2.64. The fraction of sp³-hybridized carbons (Fsp3) is 1.00. The first-order valence-corrected chi connectivity index (χ1v) is 8.04. The zero-order valence-corrected chi connectivity index (χ0v) is 13.6. The lowest BCUT2D eigenvalue weighted by Crippen LogP contribution is -2.56. The van der Waals surface area contributed by atoms with Crippen molar-refractivity contribution in [2.75, 3.05) is 32.8 Å². The van der Waals surface area contributed by atoms with Gasteiger partial charge in [0.1, 0.15) is 0 Å². The molecule has 1 rings (SSSR count). The highest BCUT2D eigenvalue weighted by molar-refractivity contribution is 4.84. The SMILES string of the molecule is CC(C)CCOCCN1CC(CC(C)C)NCC1C. The molecule has 1 heterocycles. The minimum absolute atomic E-state index is 0.636. The maximum absolute atomic E-state index is 5.75. The average Bonchev–Trinajstić information content (AvgIpc) is 2.31. The molecule has 2 unspecified atom stereocenters. The molecule has 0 aromatic rings. The van der Waals surface area contributed by atoms with Crippen molar-refractivity contribution in [2.45, 2.75) is 59.5 Å². The Morgan fingerprint density at radius 3 is 2.53 bits per heavy atom. The smallest absolute Gasteiger partial charge is 0.0593 e. The van der Waals surface area contributed by atoms with Crippen molar-refractivity contribution in [3.63, 3.8) is 0 Å². The van der Waals surface area contributed by atoms with Gasteiger partial charge in [0.05, 0.1) is 6.61 Å². The molecule has 0 amide bonds. The van der Waals surface area contributed by atoms with Crippen LogP contribution in [0.1, 0.15) is 47.5 Å². The van der Waals surface area contributed by atoms with E-state index in [1.807, 2.05) is 0 Å². The van der Waals surface area contributed by atoms with Crippen molar-refractivity contribution in [3.8, 4) is 0 Å². The summed E-state index contributed by atoms with van der Waals surface area (Å²) in [5.41, 5.74) is 0. The standard InChI is InChI=1S/C16H34N2O/c1-13(2)6-8-19-9-7-18-12-16(10-14(3)4)17-11-15(18)5/h13-17H,6-12H2,1-5H3. The van der Waals surface area contributed by atoms with Gasteiger partial charge in [0.15, 0.2) is 0 Å². The summed E-state index contributed by atoms with van der Waals surface area (Å²) in [7, 11) is 0. The molecule has 0 spiro atoms. The summed E-state index contributed by atoms with van der Waals surface area (Å²) >= 11 is 0. The zero-order chi connectivity index (χ0) is 14.3. The van der Waals surface area contributed by atoms with Crippen molar-refractivity contribution >= 4 is 0 Å². The van der Waals surface area contributed by atoms with E-state index >= 15 is 0 Å². The van der Waals surface area contributed by atoms with Crippen LogP contribution < -0.4 is 5.32 Å². The molecule has 0 bridgehead atoms. The van der Waals surface area contributed by atoms with Gasteiger partial charge in [-0.05, 0) is 31.6 Å². The average molecular weight is 270 g/mol. The molecule has 1 fully saturated rings. The van der Waals surface area contributed by atoms with E-state index in [0.717, 1.165) is 38.1 Å². The monoisotopic (exact) mass is 270 g/mol. The van der Waals surface area contributed by atoms with Crippen LogP contribution in [0, 0.1) is 11.8 Å². The van der Waals surface area contributed by atoms with E-state index in [4.69, 9.17) is 4.74 Å². The Kier molecular flexibility index (Phi) is 7.96. The van der Waals surface area contributed by atoms with Crippen LogP contribution in [0.3, 0.4) is 0 Å². The van der Waals surface area contributed by atoms with Gasteiger partial charge >= 0.3 is 0 Å². The summed E-state index contributed by atoms with van der Waals surface area (Å²) in [5.74, 6) is 1.52. The van der Waals surface area contributed by atoms with Gasteiger partial charge < -0.3 is 10.1 Å². The van der Waals surface area contributed by atoms with Crippen LogP contribution in [0.25, 0.3) is 0 Å². The van der Waals surface area contributed by atoms with Gasteiger partial charge in [-0.15, -0.1) is 0 Å². The van der Waals surface area contributed by atoms with Gasteiger partial charge in [0.25, 0.3) is 0 Å².